The normalized spacial score (nSPS) is 11.8. The molecule has 0 fully saturated rings. The molecule has 0 aliphatic carbocycles. The first kappa shape index (κ1) is 16.6. The monoisotopic (exact) mass is 385 g/mol. The van der Waals surface area contributed by atoms with Crippen molar-refractivity contribution in [2.24, 2.45) is 0 Å². The topological polar surface area (TPSA) is 55.4 Å². The van der Waals surface area contributed by atoms with E-state index >= 15 is 0 Å². The molecule has 4 nitrogen and oxygen atoms in total. The van der Waals surface area contributed by atoms with Gasteiger partial charge in [0.15, 0.2) is 0 Å². The zero-order valence-corrected chi connectivity index (χ0v) is 14.0. The molecule has 1 aromatic heterocycles. The number of esters is 1. The number of carbonyl (C=O) groups excluding carboxylic acids is 2. The summed E-state index contributed by atoms with van der Waals surface area (Å²) in [6.45, 7) is 0. The van der Waals surface area contributed by atoms with E-state index in [0.29, 0.717) is 4.47 Å². The lowest BCUT2D eigenvalue weighted by molar-refractivity contribution is -0.141. The summed E-state index contributed by atoms with van der Waals surface area (Å²) in [5.41, 5.74) is 0.173. The molecule has 0 unspecified atom stereocenters. The zero-order chi connectivity index (χ0) is 16.1. The third-order valence-corrected chi connectivity index (χ3v) is 4.64. The summed E-state index contributed by atoms with van der Waals surface area (Å²) in [6, 6.07) is 6.99. The molecule has 7 heteroatoms. The van der Waals surface area contributed by atoms with Gasteiger partial charge in [0, 0.05) is 9.35 Å². The van der Waals surface area contributed by atoms with Gasteiger partial charge in [-0.15, -0.1) is 11.3 Å². The number of carbonyl (C=O) groups is 2. The van der Waals surface area contributed by atoms with Gasteiger partial charge in [0.2, 0.25) is 0 Å². The molecule has 0 radical (unpaired) electrons. The van der Waals surface area contributed by atoms with E-state index in [1.165, 1.54) is 30.6 Å². The lowest BCUT2D eigenvalue weighted by atomic mass is 10.1. The molecule has 2 rings (SSSR count). The second-order valence-electron chi connectivity index (χ2n) is 4.45. The van der Waals surface area contributed by atoms with Gasteiger partial charge in [0.1, 0.15) is 5.82 Å². The molecule has 0 saturated heterocycles. The van der Waals surface area contributed by atoms with Crippen LogP contribution in [0.4, 0.5) is 4.39 Å². The van der Waals surface area contributed by atoms with Crippen molar-refractivity contribution in [2.75, 3.05) is 7.11 Å². The Morgan fingerprint density at radius 1 is 1.41 bits per heavy atom. The Kier molecular flexibility index (Phi) is 5.68. The van der Waals surface area contributed by atoms with Gasteiger partial charge < -0.3 is 10.1 Å². The Labute approximate surface area is 139 Å². The first-order chi connectivity index (χ1) is 10.5. The highest BCUT2D eigenvalue weighted by molar-refractivity contribution is 9.10. The Hall–Kier alpha value is -1.73. The average Bonchev–Trinajstić information content (AvgIpc) is 3.03. The van der Waals surface area contributed by atoms with Crippen LogP contribution in [0.15, 0.2) is 40.2 Å². The number of halogens is 2. The maximum Gasteiger partial charge on any atom is 0.307 e. The number of nitrogens with one attached hydrogen (secondary N) is 1. The fourth-order valence-corrected chi connectivity index (χ4v) is 3.07. The highest BCUT2D eigenvalue weighted by Gasteiger charge is 2.21. The lowest BCUT2D eigenvalue weighted by Crippen LogP contribution is -2.30. The lowest BCUT2D eigenvalue weighted by Gasteiger charge is -2.17. The van der Waals surface area contributed by atoms with E-state index in [1.807, 2.05) is 17.5 Å². The number of ether oxygens (including phenoxy) is 1. The number of hydrogen-bond donors (Lipinski definition) is 1. The highest BCUT2D eigenvalue weighted by Crippen LogP contribution is 2.24. The largest absolute Gasteiger partial charge is 0.469 e. The summed E-state index contributed by atoms with van der Waals surface area (Å²) in [6.07, 6.45) is 0.00961. The van der Waals surface area contributed by atoms with E-state index in [4.69, 9.17) is 0 Å². The number of hydrogen-bond acceptors (Lipinski definition) is 4. The summed E-state index contributed by atoms with van der Waals surface area (Å²) < 4.78 is 18.4. The molecule has 1 heterocycles. The van der Waals surface area contributed by atoms with E-state index in [1.54, 1.807) is 0 Å². The summed E-state index contributed by atoms with van der Waals surface area (Å²) in [7, 11) is 1.29. The Morgan fingerprint density at radius 3 is 2.82 bits per heavy atom. The van der Waals surface area contributed by atoms with Crippen LogP contribution in [-0.4, -0.2) is 19.0 Å². The van der Waals surface area contributed by atoms with Crippen molar-refractivity contribution < 1.29 is 18.7 Å². The van der Waals surface area contributed by atoms with E-state index < -0.39 is 23.7 Å². The number of amides is 1. The molecule has 1 aromatic carbocycles. The summed E-state index contributed by atoms with van der Waals surface area (Å²) in [5.74, 6) is -1.40. The Morgan fingerprint density at radius 2 is 2.18 bits per heavy atom. The van der Waals surface area contributed by atoms with E-state index in [-0.39, 0.29) is 12.0 Å². The molecule has 0 aliphatic heterocycles. The standard InChI is InChI=1S/C15H13BrFNO3S/c1-21-14(19)8-12(13-3-2-6-22-13)18-15(20)10-7-9(17)4-5-11(10)16/h2-7,12H,8H2,1H3,(H,18,20)/t12-/m0/s1. The van der Waals surface area contributed by atoms with Gasteiger partial charge >= 0.3 is 5.97 Å². The molecule has 22 heavy (non-hydrogen) atoms. The molecule has 2 aromatic rings. The number of rotatable bonds is 5. The fourth-order valence-electron chi connectivity index (χ4n) is 1.87. The molecular formula is C15H13BrFNO3S. The van der Waals surface area contributed by atoms with Crippen molar-refractivity contribution in [3.05, 3.63) is 56.4 Å². The second kappa shape index (κ2) is 7.51. The van der Waals surface area contributed by atoms with Crippen LogP contribution in [0.25, 0.3) is 0 Å². The minimum atomic E-state index is -0.518. The highest BCUT2D eigenvalue weighted by atomic mass is 79.9. The van der Waals surface area contributed by atoms with Crippen LogP contribution >= 0.6 is 27.3 Å². The van der Waals surface area contributed by atoms with Crippen LogP contribution in [-0.2, 0) is 9.53 Å². The van der Waals surface area contributed by atoms with Crippen LogP contribution in [0.5, 0.6) is 0 Å². The van der Waals surface area contributed by atoms with Crippen molar-refractivity contribution >= 4 is 39.1 Å². The third-order valence-electron chi connectivity index (χ3n) is 2.96. The van der Waals surface area contributed by atoms with Crippen molar-refractivity contribution in [3.63, 3.8) is 0 Å². The minimum Gasteiger partial charge on any atom is -0.469 e. The van der Waals surface area contributed by atoms with Gasteiger partial charge in [-0.3, -0.25) is 9.59 Å². The first-order valence-corrected chi connectivity index (χ1v) is 8.04. The van der Waals surface area contributed by atoms with Crippen LogP contribution in [0.3, 0.4) is 0 Å². The van der Waals surface area contributed by atoms with Crippen LogP contribution in [0.2, 0.25) is 0 Å². The molecule has 0 aliphatic rings. The molecule has 0 spiro atoms. The minimum absolute atomic E-state index is 0.00961. The van der Waals surface area contributed by atoms with Gasteiger partial charge in [0.25, 0.3) is 5.91 Å². The molecule has 116 valence electrons. The van der Waals surface area contributed by atoms with E-state index in [9.17, 15) is 14.0 Å². The molecule has 1 N–H and O–H groups in total. The SMILES string of the molecule is COC(=O)C[C@H](NC(=O)c1cc(F)ccc1Br)c1cccs1. The third kappa shape index (κ3) is 4.14. The van der Waals surface area contributed by atoms with Gasteiger partial charge in [-0.25, -0.2) is 4.39 Å². The second-order valence-corrected chi connectivity index (χ2v) is 6.28. The summed E-state index contributed by atoms with van der Waals surface area (Å²) in [5, 5.41) is 4.59. The maximum atomic E-state index is 13.3. The van der Waals surface area contributed by atoms with Crippen molar-refractivity contribution in [1.82, 2.24) is 5.32 Å². The van der Waals surface area contributed by atoms with E-state index in [2.05, 4.69) is 26.0 Å². The predicted molar refractivity (Wildman–Crippen MR) is 85.3 cm³/mol. The van der Waals surface area contributed by atoms with Crippen molar-refractivity contribution in [1.29, 1.82) is 0 Å². The van der Waals surface area contributed by atoms with Crippen molar-refractivity contribution in [2.45, 2.75) is 12.5 Å². The van der Waals surface area contributed by atoms with Crippen LogP contribution in [0, 0.1) is 5.82 Å². The summed E-state index contributed by atoms with van der Waals surface area (Å²) >= 11 is 4.64. The Balaban J connectivity index is 2.21. The fraction of sp³-hybridized carbons (Fsp3) is 0.200. The van der Waals surface area contributed by atoms with Gasteiger partial charge in [-0.2, -0.15) is 0 Å². The smallest absolute Gasteiger partial charge is 0.307 e. The molecule has 1 amide bonds. The predicted octanol–water partition coefficient (Wildman–Crippen LogP) is 3.68. The van der Waals surface area contributed by atoms with Gasteiger partial charge in [0.05, 0.1) is 25.1 Å². The molecule has 0 bridgehead atoms. The van der Waals surface area contributed by atoms with Crippen LogP contribution in [0.1, 0.15) is 27.7 Å². The molecular weight excluding hydrogens is 373 g/mol. The number of methoxy groups -OCH3 is 1. The summed E-state index contributed by atoms with van der Waals surface area (Å²) in [4.78, 5) is 24.7. The average molecular weight is 386 g/mol. The number of thiophene rings is 1. The van der Waals surface area contributed by atoms with Crippen molar-refractivity contribution in [3.8, 4) is 0 Å². The van der Waals surface area contributed by atoms with Gasteiger partial charge in [-0.05, 0) is 45.6 Å². The maximum absolute atomic E-state index is 13.3. The number of benzene rings is 1. The molecule has 0 saturated carbocycles. The zero-order valence-electron chi connectivity index (χ0n) is 11.6. The molecule has 1 atom stereocenters. The first-order valence-electron chi connectivity index (χ1n) is 6.37. The van der Waals surface area contributed by atoms with Gasteiger partial charge in [-0.1, -0.05) is 6.07 Å². The quantitative estimate of drug-likeness (QED) is 0.798. The van der Waals surface area contributed by atoms with E-state index in [0.717, 1.165) is 10.9 Å². The Bertz CT molecular complexity index is 675. The van der Waals surface area contributed by atoms with Crippen LogP contribution < -0.4 is 5.32 Å².